The maximum absolute atomic E-state index is 12.8. The molecule has 0 atom stereocenters. The van der Waals surface area contributed by atoms with Crippen LogP contribution in [0.4, 0.5) is 0 Å². The molecule has 1 aliphatic heterocycles. The Kier molecular flexibility index (Phi) is 5.44. The first-order valence-corrected chi connectivity index (χ1v) is 9.57. The third-order valence-corrected chi connectivity index (χ3v) is 5.03. The first-order chi connectivity index (χ1) is 14.6. The van der Waals surface area contributed by atoms with Crippen molar-refractivity contribution in [3.05, 3.63) is 88.7 Å². The van der Waals surface area contributed by atoms with E-state index in [9.17, 15) is 4.79 Å². The monoisotopic (exact) mass is 402 g/mol. The Balaban J connectivity index is 1.55. The van der Waals surface area contributed by atoms with Crippen molar-refractivity contribution in [2.75, 3.05) is 14.2 Å². The zero-order chi connectivity index (χ0) is 21.1. The van der Waals surface area contributed by atoms with Crippen LogP contribution in [0.5, 0.6) is 23.0 Å². The Morgan fingerprint density at radius 2 is 1.67 bits per heavy atom. The number of hydrogen-bond donors (Lipinski definition) is 0. The number of ketones is 1. The van der Waals surface area contributed by atoms with Crippen molar-refractivity contribution in [2.45, 2.75) is 13.5 Å². The van der Waals surface area contributed by atoms with Gasteiger partial charge >= 0.3 is 0 Å². The summed E-state index contributed by atoms with van der Waals surface area (Å²) >= 11 is 0. The third kappa shape index (κ3) is 3.74. The van der Waals surface area contributed by atoms with Crippen LogP contribution < -0.4 is 18.9 Å². The van der Waals surface area contributed by atoms with Crippen LogP contribution in [0, 0.1) is 6.92 Å². The highest BCUT2D eigenvalue weighted by Crippen LogP contribution is 2.39. The fourth-order valence-corrected chi connectivity index (χ4v) is 3.35. The molecule has 0 aromatic heterocycles. The van der Waals surface area contributed by atoms with Crippen LogP contribution in [-0.2, 0) is 6.61 Å². The van der Waals surface area contributed by atoms with Gasteiger partial charge in [0.05, 0.1) is 19.8 Å². The van der Waals surface area contributed by atoms with Crippen LogP contribution in [-0.4, -0.2) is 20.0 Å². The fourth-order valence-electron chi connectivity index (χ4n) is 3.35. The predicted octanol–water partition coefficient (Wildman–Crippen LogP) is 5.21. The summed E-state index contributed by atoms with van der Waals surface area (Å²) in [7, 11) is 3.25. The molecule has 0 amide bonds. The molecule has 0 N–H and O–H groups in total. The maximum atomic E-state index is 12.8. The molecule has 3 aromatic rings. The first kappa shape index (κ1) is 19.6. The van der Waals surface area contributed by atoms with Crippen LogP contribution in [0.25, 0.3) is 6.08 Å². The minimum absolute atomic E-state index is 0.139. The number of benzene rings is 3. The number of carbonyl (C=O) groups excluding carboxylic acids is 1. The number of carbonyl (C=O) groups is 1. The van der Waals surface area contributed by atoms with Gasteiger partial charge in [0.25, 0.3) is 0 Å². The number of ether oxygens (including phenoxy) is 4. The summed E-state index contributed by atoms with van der Waals surface area (Å²) < 4.78 is 22.5. The second-order valence-corrected chi connectivity index (χ2v) is 6.88. The standard InChI is InChI=1S/C25H22O5/c1-16-21(29-15-18-6-4-5-7-22(18)28-3)13-12-20-24(26)23(30-25(16)20)14-17-8-10-19(27-2)11-9-17/h4-14H,15H2,1-3H3/b23-14-. The topological polar surface area (TPSA) is 54.0 Å². The van der Waals surface area contributed by atoms with Crippen LogP contribution in [0.3, 0.4) is 0 Å². The molecule has 5 nitrogen and oxygen atoms in total. The van der Waals surface area contributed by atoms with Crippen molar-refractivity contribution < 1.29 is 23.7 Å². The molecule has 0 saturated heterocycles. The first-order valence-electron chi connectivity index (χ1n) is 9.57. The third-order valence-electron chi connectivity index (χ3n) is 5.03. The average molecular weight is 402 g/mol. The van der Waals surface area contributed by atoms with Crippen molar-refractivity contribution in [3.8, 4) is 23.0 Å². The van der Waals surface area contributed by atoms with Gasteiger partial charge in [0.1, 0.15) is 29.6 Å². The Hall–Kier alpha value is -3.73. The van der Waals surface area contributed by atoms with E-state index in [1.54, 1.807) is 32.4 Å². The summed E-state index contributed by atoms with van der Waals surface area (Å²) in [4.78, 5) is 12.8. The van der Waals surface area contributed by atoms with Gasteiger partial charge < -0.3 is 18.9 Å². The fraction of sp³-hybridized carbons (Fsp3) is 0.160. The quantitative estimate of drug-likeness (QED) is 0.530. The van der Waals surface area contributed by atoms with Crippen LogP contribution in [0.2, 0.25) is 0 Å². The van der Waals surface area contributed by atoms with Crippen molar-refractivity contribution in [2.24, 2.45) is 0 Å². The highest BCUT2D eigenvalue weighted by molar-refractivity contribution is 6.14. The highest BCUT2D eigenvalue weighted by atomic mass is 16.5. The Labute approximate surface area is 175 Å². The van der Waals surface area contributed by atoms with E-state index in [1.807, 2.05) is 55.5 Å². The molecule has 0 spiro atoms. The molecule has 5 heteroatoms. The molecule has 0 fully saturated rings. The van der Waals surface area contributed by atoms with Gasteiger partial charge in [-0.1, -0.05) is 30.3 Å². The number of methoxy groups -OCH3 is 2. The molecular weight excluding hydrogens is 380 g/mol. The van der Waals surface area contributed by atoms with E-state index in [0.29, 0.717) is 29.4 Å². The molecule has 0 unspecified atom stereocenters. The number of fused-ring (bicyclic) bond motifs is 1. The molecule has 30 heavy (non-hydrogen) atoms. The summed E-state index contributed by atoms with van der Waals surface area (Å²) in [5, 5.41) is 0. The molecule has 4 rings (SSSR count). The molecule has 0 radical (unpaired) electrons. The lowest BCUT2D eigenvalue weighted by atomic mass is 10.1. The van der Waals surface area contributed by atoms with E-state index in [0.717, 1.165) is 28.2 Å². The van der Waals surface area contributed by atoms with E-state index in [1.165, 1.54) is 0 Å². The minimum Gasteiger partial charge on any atom is -0.497 e. The molecular formula is C25H22O5. The smallest absolute Gasteiger partial charge is 0.231 e. The van der Waals surface area contributed by atoms with E-state index < -0.39 is 0 Å². The van der Waals surface area contributed by atoms with Gasteiger partial charge in [-0.2, -0.15) is 0 Å². The Morgan fingerprint density at radius 3 is 2.40 bits per heavy atom. The number of rotatable bonds is 6. The summed E-state index contributed by atoms with van der Waals surface area (Å²) in [6.45, 7) is 2.24. The summed E-state index contributed by atoms with van der Waals surface area (Å²) in [6, 6.07) is 18.7. The number of para-hydroxylation sites is 1. The Bertz CT molecular complexity index is 1110. The highest BCUT2D eigenvalue weighted by Gasteiger charge is 2.30. The van der Waals surface area contributed by atoms with Crippen LogP contribution in [0.15, 0.2) is 66.4 Å². The van der Waals surface area contributed by atoms with Gasteiger partial charge in [0, 0.05) is 11.1 Å². The van der Waals surface area contributed by atoms with Gasteiger partial charge in [-0.15, -0.1) is 0 Å². The van der Waals surface area contributed by atoms with E-state index >= 15 is 0 Å². The van der Waals surface area contributed by atoms with E-state index in [4.69, 9.17) is 18.9 Å². The molecule has 0 saturated carbocycles. The molecule has 1 heterocycles. The maximum Gasteiger partial charge on any atom is 0.231 e. The van der Waals surface area contributed by atoms with Gasteiger partial charge in [0.15, 0.2) is 5.76 Å². The van der Waals surface area contributed by atoms with Crippen LogP contribution >= 0.6 is 0 Å². The second kappa shape index (κ2) is 8.33. The molecule has 152 valence electrons. The normalized spacial score (nSPS) is 13.7. The van der Waals surface area contributed by atoms with E-state index in [-0.39, 0.29) is 5.78 Å². The Morgan fingerprint density at radius 1 is 0.900 bits per heavy atom. The van der Waals surface area contributed by atoms with Gasteiger partial charge in [-0.25, -0.2) is 0 Å². The second-order valence-electron chi connectivity index (χ2n) is 6.88. The van der Waals surface area contributed by atoms with Gasteiger partial charge in [-0.05, 0) is 48.9 Å². The van der Waals surface area contributed by atoms with Crippen molar-refractivity contribution in [3.63, 3.8) is 0 Å². The largest absolute Gasteiger partial charge is 0.497 e. The summed E-state index contributed by atoms with van der Waals surface area (Å²) in [6.07, 6.45) is 1.73. The van der Waals surface area contributed by atoms with Gasteiger partial charge in [-0.3, -0.25) is 4.79 Å². The SMILES string of the molecule is COc1ccc(/C=C2\Oc3c(ccc(OCc4ccccc4OC)c3C)C2=O)cc1. The van der Waals surface area contributed by atoms with Crippen LogP contribution in [0.1, 0.15) is 27.0 Å². The zero-order valence-electron chi connectivity index (χ0n) is 17.1. The molecule has 3 aromatic carbocycles. The molecule has 1 aliphatic rings. The lowest BCUT2D eigenvalue weighted by molar-refractivity contribution is 0.101. The number of hydrogen-bond acceptors (Lipinski definition) is 5. The van der Waals surface area contributed by atoms with Crippen molar-refractivity contribution in [1.82, 2.24) is 0 Å². The van der Waals surface area contributed by atoms with Gasteiger partial charge in [0.2, 0.25) is 5.78 Å². The minimum atomic E-state index is -0.139. The molecule has 0 aliphatic carbocycles. The average Bonchev–Trinajstić information content (AvgIpc) is 3.10. The van der Waals surface area contributed by atoms with Crippen molar-refractivity contribution >= 4 is 11.9 Å². The summed E-state index contributed by atoms with van der Waals surface area (Å²) in [5.74, 6) is 2.88. The lowest BCUT2D eigenvalue weighted by Gasteiger charge is -2.13. The molecule has 0 bridgehead atoms. The summed E-state index contributed by atoms with van der Waals surface area (Å²) in [5.41, 5.74) is 3.13. The lowest BCUT2D eigenvalue weighted by Crippen LogP contribution is -2.00. The number of Topliss-reactive ketones (excluding diaryl/α,β-unsaturated/α-hetero) is 1. The number of allylic oxidation sites excluding steroid dienone is 1. The van der Waals surface area contributed by atoms with Crippen molar-refractivity contribution in [1.29, 1.82) is 0 Å². The predicted molar refractivity (Wildman–Crippen MR) is 114 cm³/mol. The zero-order valence-corrected chi connectivity index (χ0v) is 17.1. The van der Waals surface area contributed by atoms with E-state index in [2.05, 4.69) is 0 Å².